The molecule has 4 rings (SSSR count). The predicted molar refractivity (Wildman–Crippen MR) is 135 cm³/mol. The minimum absolute atomic E-state index is 0.00116. The summed E-state index contributed by atoms with van der Waals surface area (Å²) in [6.45, 7) is 1.38. The number of carboxylic acid groups (broad SMARTS) is 1. The van der Waals surface area contributed by atoms with Crippen LogP contribution in [0.4, 0.5) is 5.82 Å². The van der Waals surface area contributed by atoms with Gasteiger partial charge in [0.25, 0.3) is 5.91 Å². The lowest BCUT2D eigenvalue weighted by Gasteiger charge is -2.17. The van der Waals surface area contributed by atoms with Crippen molar-refractivity contribution in [2.24, 2.45) is 0 Å². The fourth-order valence-electron chi connectivity index (χ4n) is 3.85. The van der Waals surface area contributed by atoms with Crippen molar-refractivity contribution >= 4 is 29.3 Å². The van der Waals surface area contributed by atoms with Crippen molar-refractivity contribution in [3.63, 3.8) is 0 Å². The minimum Gasteiger partial charge on any atom is -0.497 e. The number of carbonyl (C=O) groups excluding carboxylic acids is 1. The third kappa shape index (κ3) is 6.42. The molecule has 3 N–H and O–H groups in total. The minimum atomic E-state index is -1.18. The number of aliphatic carboxylic acids is 1. The van der Waals surface area contributed by atoms with Gasteiger partial charge in [-0.2, -0.15) is 0 Å². The molecular weight excluding hydrogens is 484 g/mol. The molecule has 0 unspecified atom stereocenters. The molecule has 36 heavy (non-hydrogen) atoms. The average Bonchev–Trinajstić information content (AvgIpc) is 2.89. The molecule has 0 saturated heterocycles. The Kier molecular flexibility index (Phi) is 8.22. The molecule has 1 amide bonds. The van der Waals surface area contributed by atoms with Crippen molar-refractivity contribution in [3.05, 3.63) is 76.2 Å². The maximum absolute atomic E-state index is 12.6. The third-order valence-corrected chi connectivity index (χ3v) is 6.13. The van der Waals surface area contributed by atoms with E-state index in [1.807, 2.05) is 6.07 Å². The molecule has 0 bridgehead atoms. The van der Waals surface area contributed by atoms with E-state index in [2.05, 4.69) is 26.7 Å². The Morgan fingerprint density at radius 2 is 1.97 bits per heavy atom. The van der Waals surface area contributed by atoms with Crippen LogP contribution in [-0.2, 0) is 24.1 Å². The monoisotopic (exact) mass is 510 g/mol. The molecule has 0 radical (unpaired) electrons. The van der Waals surface area contributed by atoms with Crippen molar-refractivity contribution in [2.75, 3.05) is 25.6 Å². The number of halogens is 1. The van der Waals surface area contributed by atoms with Gasteiger partial charge in [0.15, 0.2) is 0 Å². The Labute approximate surface area is 213 Å². The van der Waals surface area contributed by atoms with E-state index in [4.69, 9.17) is 21.1 Å². The lowest BCUT2D eigenvalue weighted by molar-refractivity contribution is -0.139. The number of methoxy groups -OCH3 is 1. The summed E-state index contributed by atoms with van der Waals surface area (Å²) in [7, 11) is 1.49. The third-order valence-electron chi connectivity index (χ3n) is 5.81. The lowest BCUT2D eigenvalue weighted by Crippen LogP contribution is -2.42. The average molecular weight is 511 g/mol. The highest BCUT2D eigenvalue weighted by molar-refractivity contribution is 6.34. The summed E-state index contributed by atoms with van der Waals surface area (Å²) in [4.78, 5) is 33.3. The number of hydrogen-bond donors (Lipinski definition) is 3. The zero-order valence-electron chi connectivity index (χ0n) is 19.8. The molecular formula is C26H27ClN4O5. The molecule has 3 heterocycles. The van der Waals surface area contributed by atoms with E-state index in [9.17, 15) is 14.7 Å². The van der Waals surface area contributed by atoms with Gasteiger partial charge < -0.3 is 25.2 Å². The number of nitrogens with one attached hydrogen (secondary N) is 2. The molecule has 188 valence electrons. The van der Waals surface area contributed by atoms with Crippen molar-refractivity contribution in [3.8, 4) is 11.5 Å². The van der Waals surface area contributed by atoms with Gasteiger partial charge in [0.05, 0.1) is 30.5 Å². The number of hydrogen-bond acceptors (Lipinski definition) is 7. The normalized spacial score (nSPS) is 13.2. The predicted octanol–water partition coefficient (Wildman–Crippen LogP) is 3.54. The number of rotatable bonds is 10. The molecule has 9 nitrogen and oxygen atoms in total. The molecule has 10 heteroatoms. The fraction of sp³-hybridized carbons (Fsp3) is 0.308. The van der Waals surface area contributed by atoms with Crippen molar-refractivity contribution in [2.45, 2.75) is 31.7 Å². The highest BCUT2D eigenvalue weighted by Gasteiger charge is 2.23. The van der Waals surface area contributed by atoms with Gasteiger partial charge in [-0.1, -0.05) is 17.7 Å². The van der Waals surface area contributed by atoms with Crippen LogP contribution in [0, 0.1) is 0 Å². The van der Waals surface area contributed by atoms with E-state index in [1.165, 1.54) is 31.0 Å². The number of aryl methyl sites for hydroxylation is 1. The molecule has 3 aromatic rings. The number of nitrogens with zero attached hydrogens (tertiary/aromatic N) is 2. The molecule has 1 aliphatic heterocycles. The van der Waals surface area contributed by atoms with Crippen LogP contribution in [0.25, 0.3) is 0 Å². The van der Waals surface area contributed by atoms with Crippen LogP contribution >= 0.6 is 11.6 Å². The highest BCUT2D eigenvalue weighted by Crippen LogP contribution is 2.23. The number of fused-ring (bicyclic) bond motifs is 1. The SMILES string of the molecule is COc1ccc(C(=O)N[C@@H](Cc2ccc(OCCc3ccc4c(n3)NCCC4)cn2)C(=O)O)c(Cl)c1. The molecule has 0 saturated carbocycles. The summed E-state index contributed by atoms with van der Waals surface area (Å²) in [5.74, 6) is 0.242. The van der Waals surface area contributed by atoms with Gasteiger partial charge in [-0.3, -0.25) is 9.78 Å². The van der Waals surface area contributed by atoms with Gasteiger partial charge in [-0.25, -0.2) is 9.78 Å². The van der Waals surface area contributed by atoms with Crippen LogP contribution in [-0.4, -0.2) is 53.3 Å². The second-order valence-electron chi connectivity index (χ2n) is 8.34. The zero-order valence-corrected chi connectivity index (χ0v) is 20.5. The second kappa shape index (κ2) is 11.7. The van der Waals surface area contributed by atoms with Crippen LogP contribution < -0.4 is 20.1 Å². The summed E-state index contributed by atoms with van der Waals surface area (Å²) in [6.07, 6.45) is 4.36. The van der Waals surface area contributed by atoms with Crippen LogP contribution in [0.2, 0.25) is 5.02 Å². The molecule has 1 aliphatic rings. The van der Waals surface area contributed by atoms with E-state index in [0.29, 0.717) is 30.2 Å². The number of pyridine rings is 2. The van der Waals surface area contributed by atoms with E-state index >= 15 is 0 Å². The smallest absolute Gasteiger partial charge is 0.326 e. The molecule has 1 aromatic carbocycles. The first-order chi connectivity index (χ1) is 17.4. The summed E-state index contributed by atoms with van der Waals surface area (Å²) in [5.41, 5.74) is 2.85. The molecule has 1 atom stereocenters. The number of amides is 1. The van der Waals surface area contributed by atoms with Crippen LogP contribution in [0.1, 0.15) is 33.7 Å². The fourth-order valence-corrected chi connectivity index (χ4v) is 4.11. The lowest BCUT2D eigenvalue weighted by atomic mass is 10.1. The van der Waals surface area contributed by atoms with Gasteiger partial charge in [0, 0.05) is 30.8 Å². The van der Waals surface area contributed by atoms with Gasteiger partial charge >= 0.3 is 5.97 Å². The Balaban J connectivity index is 1.30. The number of aromatic nitrogens is 2. The molecule has 0 aliphatic carbocycles. The Bertz CT molecular complexity index is 1240. The van der Waals surface area contributed by atoms with Gasteiger partial charge in [0.1, 0.15) is 23.4 Å². The number of anilines is 1. The second-order valence-corrected chi connectivity index (χ2v) is 8.75. The Hall–Kier alpha value is -3.85. The first-order valence-electron chi connectivity index (χ1n) is 11.6. The van der Waals surface area contributed by atoms with E-state index in [1.54, 1.807) is 18.2 Å². The van der Waals surface area contributed by atoms with Crippen molar-refractivity contribution in [1.82, 2.24) is 15.3 Å². The zero-order chi connectivity index (χ0) is 25.5. The van der Waals surface area contributed by atoms with E-state index in [0.717, 1.165) is 30.9 Å². The molecule has 0 spiro atoms. The molecule has 2 aromatic heterocycles. The largest absolute Gasteiger partial charge is 0.497 e. The Morgan fingerprint density at radius 3 is 2.69 bits per heavy atom. The number of carbonyl (C=O) groups is 2. The summed E-state index contributed by atoms with van der Waals surface area (Å²) < 4.78 is 10.9. The Morgan fingerprint density at radius 1 is 1.17 bits per heavy atom. The van der Waals surface area contributed by atoms with Gasteiger partial charge in [-0.05, 0) is 54.8 Å². The topological polar surface area (TPSA) is 123 Å². The van der Waals surface area contributed by atoms with Gasteiger partial charge in [0.2, 0.25) is 0 Å². The maximum Gasteiger partial charge on any atom is 0.326 e. The first kappa shape index (κ1) is 25.2. The van der Waals surface area contributed by atoms with E-state index < -0.39 is 17.9 Å². The quantitative estimate of drug-likeness (QED) is 0.378. The number of carboxylic acids is 1. The number of ether oxygens (including phenoxy) is 2. The highest BCUT2D eigenvalue weighted by atomic mass is 35.5. The first-order valence-corrected chi connectivity index (χ1v) is 12.0. The van der Waals surface area contributed by atoms with E-state index in [-0.39, 0.29) is 17.0 Å². The van der Waals surface area contributed by atoms with Crippen LogP contribution in [0.3, 0.4) is 0 Å². The summed E-state index contributed by atoms with van der Waals surface area (Å²) >= 11 is 6.13. The summed E-state index contributed by atoms with van der Waals surface area (Å²) in [6, 6.07) is 10.9. The van der Waals surface area contributed by atoms with Crippen LogP contribution in [0.5, 0.6) is 11.5 Å². The summed E-state index contributed by atoms with van der Waals surface area (Å²) in [5, 5.41) is 15.6. The van der Waals surface area contributed by atoms with Crippen molar-refractivity contribution in [1.29, 1.82) is 0 Å². The standard InChI is InChI=1S/C26H27ClN4O5/c1-35-19-8-9-21(22(27)14-19)25(32)31-23(26(33)34)13-18-6-7-20(15-29-18)36-12-10-17-5-4-16-3-2-11-28-24(16)30-17/h4-9,14-15,23H,2-3,10-13H2,1H3,(H,28,30)(H,31,32)(H,33,34)/t23-/m0/s1. The van der Waals surface area contributed by atoms with Crippen molar-refractivity contribution < 1.29 is 24.2 Å². The van der Waals surface area contributed by atoms with Gasteiger partial charge in [-0.15, -0.1) is 0 Å². The van der Waals surface area contributed by atoms with Crippen LogP contribution in [0.15, 0.2) is 48.7 Å². The molecule has 0 fully saturated rings. The maximum atomic E-state index is 12.6. The number of benzene rings is 1.